The first-order valence-electron chi connectivity index (χ1n) is 9.15. The van der Waals surface area contributed by atoms with E-state index in [2.05, 4.69) is 12.1 Å². The number of ether oxygens (including phenoxy) is 1. The Kier molecular flexibility index (Phi) is 5.06. The second kappa shape index (κ2) is 8.13. The summed E-state index contributed by atoms with van der Waals surface area (Å²) < 4.78 is 6.33. The third kappa shape index (κ3) is 3.86. The van der Waals surface area contributed by atoms with Gasteiger partial charge in [0.15, 0.2) is 0 Å². The maximum Gasteiger partial charge on any atom is 0.135 e. The van der Waals surface area contributed by atoms with E-state index >= 15 is 0 Å². The van der Waals surface area contributed by atoms with Gasteiger partial charge in [-0.25, -0.2) is 0 Å². The standard InChI is InChI=1S/C26H16N2O/c27-17-19-11-13-25(23(15-19)21-7-3-1-4-8-21)29-26-14-12-20(18-28)16-24(26)22-9-5-2-6-10-22/h1-16H. The van der Waals surface area contributed by atoms with Crippen LogP contribution in [0.3, 0.4) is 0 Å². The van der Waals surface area contributed by atoms with Gasteiger partial charge in [-0.2, -0.15) is 10.5 Å². The van der Waals surface area contributed by atoms with E-state index in [0.717, 1.165) is 22.3 Å². The summed E-state index contributed by atoms with van der Waals surface area (Å²) in [6.45, 7) is 0. The fraction of sp³-hybridized carbons (Fsp3) is 0. The van der Waals surface area contributed by atoms with Crippen LogP contribution in [0, 0.1) is 22.7 Å². The molecule has 4 aromatic rings. The number of benzene rings is 4. The van der Waals surface area contributed by atoms with Crippen molar-refractivity contribution in [2.75, 3.05) is 0 Å². The lowest BCUT2D eigenvalue weighted by atomic mass is 10.0. The summed E-state index contributed by atoms with van der Waals surface area (Å²) in [6.07, 6.45) is 0. The molecular formula is C26H16N2O. The van der Waals surface area contributed by atoms with E-state index in [1.807, 2.05) is 84.9 Å². The maximum absolute atomic E-state index is 9.32. The number of hydrogen-bond donors (Lipinski definition) is 0. The molecule has 3 nitrogen and oxygen atoms in total. The van der Waals surface area contributed by atoms with Gasteiger partial charge in [-0.05, 0) is 47.5 Å². The van der Waals surface area contributed by atoms with Crippen LogP contribution in [0.1, 0.15) is 11.1 Å². The maximum atomic E-state index is 9.32. The molecule has 0 spiro atoms. The van der Waals surface area contributed by atoms with Gasteiger partial charge in [0, 0.05) is 11.1 Å². The van der Waals surface area contributed by atoms with Crippen LogP contribution < -0.4 is 4.74 Å². The molecule has 0 aliphatic carbocycles. The Morgan fingerprint density at radius 3 is 1.31 bits per heavy atom. The lowest BCUT2D eigenvalue weighted by Crippen LogP contribution is -1.93. The molecular weight excluding hydrogens is 356 g/mol. The Labute approximate surface area is 169 Å². The van der Waals surface area contributed by atoms with E-state index in [0.29, 0.717) is 22.6 Å². The van der Waals surface area contributed by atoms with Crippen molar-refractivity contribution in [3.8, 4) is 45.9 Å². The molecule has 0 radical (unpaired) electrons. The van der Waals surface area contributed by atoms with Crippen molar-refractivity contribution < 1.29 is 4.74 Å². The molecule has 136 valence electrons. The molecule has 0 saturated carbocycles. The van der Waals surface area contributed by atoms with Crippen molar-refractivity contribution in [3.63, 3.8) is 0 Å². The Hall–Kier alpha value is -4.34. The van der Waals surface area contributed by atoms with Gasteiger partial charge in [0.25, 0.3) is 0 Å². The van der Waals surface area contributed by atoms with Crippen molar-refractivity contribution in [2.24, 2.45) is 0 Å². The molecule has 0 atom stereocenters. The molecule has 0 heterocycles. The smallest absolute Gasteiger partial charge is 0.135 e. The van der Waals surface area contributed by atoms with Gasteiger partial charge in [0.2, 0.25) is 0 Å². The average molecular weight is 372 g/mol. The number of rotatable bonds is 4. The van der Waals surface area contributed by atoms with Crippen LogP contribution in [0.25, 0.3) is 22.3 Å². The Morgan fingerprint density at radius 1 is 0.517 bits per heavy atom. The molecule has 3 heteroatoms. The predicted molar refractivity (Wildman–Crippen MR) is 113 cm³/mol. The van der Waals surface area contributed by atoms with Gasteiger partial charge in [0.1, 0.15) is 11.5 Å². The fourth-order valence-electron chi connectivity index (χ4n) is 3.18. The number of nitrogens with zero attached hydrogens (tertiary/aromatic N) is 2. The average Bonchev–Trinajstić information content (AvgIpc) is 2.80. The molecule has 0 unspecified atom stereocenters. The fourth-order valence-corrected chi connectivity index (χ4v) is 3.18. The lowest BCUT2D eigenvalue weighted by molar-refractivity contribution is 0.486. The van der Waals surface area contributed by atoms with Crippen LogP contribution in [-0.4, -0.2) is 0 Å². The Bertz CT molecular complexity index is 1130. The highest BCUT2D eigenvalue weighted by molar-refractivity contribution is 5.76. The van der Waals surface area contributed by atoms with Crippen LogP contribution in [0.5, 0.6) is 11.5 Å². The number of nitriles is 2. The van der Waals surface area contributed by atoms with Gasteiger partial charge < -0.3 is 4.74 Å². The minimum absolute atomic E-state index is 0.569. The Morgan fingerprint density at radius 2 is 0.931 bits per heavy atom. The minimum atomic E-state index is 0.569. The molecule has 4 aromatic carbocycles. The molecule has 0 aliphatic rings. The largest absolute Gasteiger partial charge is 0.456 e. The zero-order valence-corrected chi connectivity index (χ0v) is 15.5. The Balaban J connectivity index is 1.84. The summed E-state index contributed by atoms with van der Waals surface area (Å²) in [5.74, 6) is 1.30. The van der Waals surface area contributed by atoms with Crippen LogP contribution in [0.4, 0.5) is 0 Å². The zero-order valence-electron chi connectivity index (χ0n) is 15.5. The van der Waals surface area contributed by atoms with E-state index in [9.17, 15) is 10.5 Å². The summed E-state index contributed by atoms with van der Waals surface area (Å²) in [4.78, 5) is 0. The first kappa shape index (κ1) is 18.0. The third-order valence-corrected chi connectivity index (χ3v) is 4.61. The highest BCUT2D eigenvalue weighted by Crippen LogP contribution is 2.38. The second-order valence-electron chi connectivity index (χ2n) is 6.48. The van der Waals surface area contributed by atoms with Gasteiger partial charge >= 0.3 is 0 Å². The molecule has 0 amide bonds. The first-order chi connectivity index (χ1) is 14.3. The highest BCUT2D eigenvalue weighted by atomic mass is 16.5. The monoisotopic (exact) mass is 372 g/mol. The van der Waals surface area contributed by atoms with Gasteiger partial charge in [-0.3, -0.25) is 0 Å². The van der Waals surface area contributed by atoms with E-state index in [1.54, 1.807) is 12.1 Å². The molecule has 0 aromatic heterocycles. The van der Waals surface area contributed by atoms with E-state index in [1.165, 1.54) is 0 Å². The van der Waals surface area contributed by atoms with Crippen molar-refractivity contribution >= 4 is 0 Å². The van der Waals surface area contributed by atoms with Gasteiger partial charge in [-0.1, -0.05) is 60.7 Å². The molecule has 0 N–H and O–H groups in total. The molecule has 0 saturated heterocycles. The van der Waals surface area contributed by atoms with Crippen molar-refractivity contribution in [1.82, 2.24) is 0 Å². The third-order valence-electron chi connectivity index (χ3n) is 4.61. The summed E-state index contributed by atoms with van der Waals surface area (Å²) in [6, 6.07) is 34.8. The SMILES string of the molecule is N#Cc1ccc(Oc2ccc(C#N)cc2-c2ccccc2)c(-c2ccccc2)c1. The topological polar surface area (TPSA) is 56.8 Å². The van der Waals surface area contributed by atoms with Crippen LogP contribution in [0.2, 0.25) is 0 Å². The van der Waals surface area contributed by atoms with Gasteiger partial charge in [0.05, 0.1) is 23.3 Å². The summed E-state index contributed by atoms with van der Waals surface area (Å²) >= 11 is 0. The molecule has 0 aliphatic heterocycles. The summed E-state index contributed by atoms with van der Waals surface area (Å²) in [5, 5.41) is 18.6. The molecule has 4 rings (SSSR count). The molecule has 0 bridgehead atoms. The van der Waals surface area contributed by atoms with Gasteiger partial charge in [-0.15, -0.1) is 0 Å². The van der Waals surface area contributed by atoms with E-state index in [-0.39, 0.29) is 0 Å². The highest BCUT2D eigenvalue weighted by Gasteiger charge is 2.13. The second-order valence-corrected chi connectivity index (χ2v) is 6.48. The van der Waals surface area contributed by atoms with Crippen molar-refractivity contribution in [3.05, 3.63) is 108 Å². The lowest BCUT2D eigenvalue weighted by Gasteiger charge is -2.15. The van der Waals surface area contributed by atoms with Crippen LogP contribution in [-0.2, 0) is 0 Å². The summed E-state index contributed by atoms with van der Waals surface area (Å²) in [5.41, 5.74) is 4.75. The van der Waals surface area contributed by atoms with Crippen LogP contribution >= 0.6 is 0 Å². The molecule has 29 heavy (non-hydrogen) atoms. The first-order valence-corrected chi connectivity index (χ1v) is 9.15. The zero-order chi connectivity index (χ0) is 20.1. The van der Waals surface area contributed by atoms with Crippen LogP contribution in [0.15, 0.2) is 97.1 Å². The van der Waals surface area contributed by atoms with Crippen molar-refractivity contribution in [2.45, 2.75) is 0 Å². The predicted octanol–water partition coefficient (Wildman–Crippen LogP) is 6.56. The molecule has 0 fully saturated rings. The van der Waals surface area contributed by atoms with E-state index in [4.69, 9.17) is 4.74 Å². The summed E-state index contributed by atoms with van der Waals surface area (Å²) in [7, 11) is 0. The minimum Gasteiger partial charge on any atom is -0.456 e. The normalized spacial score (nSPS) is 10.0. The number of hydrogen-bond acceptors (Lipinski definition) is 3. The van der Waals surface area contributed by atoms with E-state index < -0.39 is 0 Å². The quantitative estimate of drug-likeness (QED) is 0.408. The van der Waals surface area contributed by atoms with Crippen molar-refractivity contribution in [1.29, 1.82) is 10.5 Å².